The van der Waals surface area contributed by atoms with Crippen LogP contribution in [-0.4, -0.2) is 90.3 Å². The molecule has 192 valence electrons. The maximum atomic E-state index is 13.3. The lowest BCUT2D eigenvalue weighted by Gasteiger charge is -2.39. The van der Waals surface area contributed by atoms with Gasteiger partial charge in [-0.1, -0.05) is 29.8 Å². The molecule has 2 unspecified atom stereocenters. The molecule has 0 aliphatic carbocycles. The van der Waals surface area contributed by atoms with Crippen LogP contribution in [0.4, 0.5) is 4.39 Å². The summed E-state index contributed by atoms with van der Waals surface area (Å²) in [7, 11) is 4.06. The lowest BCUT2D eigenvalue weighted by Crippen LogP contribution is -2.53. The van der Waals surface area contributed by atoms with Gasteiger partial charge in [-0.05, 0) is 68.9 Å². The van der Waals surface area contributed by atoms with Crippen molar-refractivity contribution in [2.24, 2.45) is 0 Å². The van der Waals surface area contributed by atoms with Crippen LogP contribution in [0.2, 0.25) is 5.02 Å². The van der Waals surface area contributed by atoms with E-state index in [2.05, 4.69) is 9.80 Å². The molecule has 2 aromatic carbocycles. The monoisotopic (exact) mass is 512 g/mol. The molecule has 2 fully saturated rings. The zero-order valence-electron chi connectivity index (χ0n) is 21.2. The van der Waals surface area contributed by atoms with Crippen molar-refractivity contribution < 1.29 is 14.0 Å². The Kier molecular flexibility index (Phi) is 8.44. The van der Waals surface area contributed by atoms with Crippen LogP contribution in [0.1, 0.15) is 34.8 Å². The molecule has 0 saturated carbocycles. The summed E-state index contributed by atoms with van der Waals surface area (Å²) in [6, 6.07) is 12.2. The highest BCUT2D eigenvalue weighted by Crippen LogP contribution is 2.23. The van der Waals surface area contributed by atoms with Gasteiger partial charge < -0.3 is 14.7 Å². The summed E-state index contributed by atoms with van der Waals surface area (Å²) in [5.74, 6) is -0.374. The predicted molar refractivity (Wildman–Crippen MR) is 141 cm³/mol. The van der Waals surface area contributed by atoms with Gasteiger partial charge in [-0.25, -0.2) is 4.39 Å². The van der Waals surface area contributed by atoms with Crippen LogP contribution in [-0.2, 0) is 11.3 Å². The molecule has 2 saturated heterocycles. The molecule has 2 aromatic rings. The van der Waals surface area contributed by atoms with E-state index in [0.717, 1.165) is 31.6 Å². The number of carbonyl (C=O) groups excluding carboxylic acids is 2. The Hall–Kier alpha value is -2.74. The normalized spacial score (nSPS) is 21.1. The smallest absolute Gasteiger partial charge is 0.254 e. The molecule has 2 atom stereocenters. The zero-order valence-corrected chi connectivity index (χ0v) is 21.9. The largest absolute Gasteiger partial charge is 0.337 e. The fourth-order valence-corrected chi connectivity index (χ4v) is 5.16. The number of carbonyl (C=O) groups is 2. The van der Waals surface area contributed by atoms with Crippen molar-refractivity contribution >= 4 is 29.5 Å². The number of likely N-dealkylation sites (N-methyl/N-ethyl adjacent to an activating group) is 1. The minimum absolute atomic E-state index is 0.0373. The lowest BCUT2D eigenvalue weighted by atomic mass is 10.1. The van der Waals surface area contributed by atoms with Crippen LogP contribution in [0.25, 0.3) is 6.08 Å². The van der Waals surface area contributed by atoms with Crippen LogP contribution in [0.5, 0.6) is 0 Å². The minimum atomic E-state index is -0.238. The van der Waals surface area contributed by atoms with Gasteiger partial charge in [-0.2, -0.15) is 0 Å². The number of piperazine rings is 1. The summed E-state index contributed by atoms with van der Waals surface area (Å²) < 4.78 is 13.2. The number of hydrogen-bond acceptors (Lipinski definition) is 4. The second-order valence-corrected chi connectivity index (χ2v) is 10.4. The van der Waals surface area contributed by atoms with Crippen LogP contribution >= 0.6 is 11.6 Å². The molecule has 6 nitrogen and oxygen atoms in total. The number of amides is 2. The molecule has 4 rings (SSSR count). The van der Waals surface area contributed by atoms with Crippen LogP contribution in [0.15, 0.2) is 48.5 Å². The maximum absolute atomic E-state index is 13.3. The number of rotatable bonds is 6. The molecule has 0 radical (unpaired) electrons. The van der Waals surface area contributed by atoms with E-state index < -0.39 is 0 Å². The fourth-order valence-electron chi connectivity index (χ4n) is 4.99. The Bertz CT molecular complexity index is 1120. The number of halogens is 2. The van der Waals surface area contributed by atoms with E-state index in [-0.39, 0.29) is 23.7 Å². The van der Waals surface area contributed by atoms with Gasteiger partial charge in [0.1, 0.15) is 5.82 Å². The molecule has 0 N–H and O–H groups in total. The topological polar surface area (TPSA) is 47.1 Å². The van der Waals surface area contributed by atoms with Gasteiger partial charge >= 0.3 is 0 Å². The van der Waals surface area contributed by atoms with Gasteiger partial charge in [0, 0.05) is 68.0 Å². The third-order valence-electron chi connectivity index (χ3n) is 7.15. The number of nitrogens with zero attached hydrogens (tertiary/aromatic N) is 4. The SMILES string of the molecule is CC1CN(Cc2ccc(F)cc2)CCN1C(=O)C=Cc1ccc(Cl)cc1C(=O)N1CCC(N(C)C)C1. The maximum Gasteiger partial charge on any atom is 0.254 e. The predicted octanol–water partition coefficient (Wildman–Crippen LogP) is 4.00. The highest BCUT2D eigenvalue weighted by atomic mass is 35.5. The quantitative estimate of drug-likeness (QED) is 0.549. The second-order valence-electron chi connectivity index (χ2n) is 9.96. The highest BCUT2D eigenvalue weighted by molar-refractivity contribution is 6.31. The molecule has 2 aliphatic rings. The van der Waals surface area contributed by atoms with Crippen molar-refractivity contribution in [2.75, 3.05) is 46.8 Å². The third-order valence-corrected chi connectivity index (χ3v) is 7.38. The minimum Gasteiger partial charge on any atom is -0.337 e. The molecule has 0 spiro atoms. The van der Waals surface area contributed by atoms with Crippen LogP contribution < -0.4 is 0 Å². The van der Waals surface area contributed by atoms with Gasteiger partial charge in [0.2, 0.25) is 5.91 Å². The van der Waals surface area contributed by atoms with E-state index in [1.54, 1.807) is 42.5 Å². The molecular formula is C28H34ClFN4O2. The average Bonchev–Trinajstić information content (AvgIpc) is 3.35. The Balaban J connectivity index is 1.40. The summed E-state index contributed by atoms with van der Waals surface area (Å²) >= 11 is 6.23. The number of hydrogen-bond donors (Lipinski definition) is 0. The Morgan fingerprint density at radius 3 is 2.50 bits per heavy atom. The van der Waals surface area contributed by atoms with Crippen molar-refractivity contribution in [3.8, 4) is 0 Å². The first-order valence-corrected chi connectivity index (χ1v) is 12.8. The van der Waals surface area contributed by atoms with Gasteiger partial charge in [0.05, 0.1) is 0 Å². The Morgan fingerprint density at radius 1 is 1.08 bits per heavy atom. The molecule has 36 heavy (non-hydrogen) atoms. The number of benzene rings is 2. The van der Waals surface area contributed by atoms with Crippen molar-refractivity contribution in [3.63, 3.8) is 0 Å². The molecule has 2 amide bonds. The van der Waals surface area contributed by atoms with E-state index in [1.807, 2.05) is 30.8 Å². The van der Waals surface area contributed by atoms with Gasteiger partial charge in [-0.3, -0.25) is 14.5 Å². The molecule has 2 aliphatic heterocycles. The summed E-state index contributed by atoms with van der Waals surface area (Å²) in [6.07, 6.45) is 4.22. The van der Waals surface area contributed by atoms with Crippen molar-refractivity contribution in [1.82, 2.24) is 19.6 Å². The Labute approximate surface area is 217 Å². The van der Waals surface area contributed by atoms with Crippen LogP contribution in [0, 0.1) is 5.82 Å². The van der Waals surface area contributed by atoms with E-state index in [4.69, 9.17) is 11.6 Å². The van der Waals surface area contributed by atoms with E-state index >= 15 is 0 Å². The van der Waals surface area contributed by atoms with E-state index in [9.17, 15) is 14.0 Å². The summed E-state index contributed by atoms with van der Waals surface area (Å²) in [5, 5.41) is 0.496. The molecule has 2 heterocycles. The third kappa shape index (κ3) is 6.33. The fraction of sp³-hybridized carbons (Fsp3) is 0.429. The summed E-state index contributed by atoms with van der Waals surface area (Å²) in [4.78, 5) is 34.5. The Morgan fingerprint density at radius 2 is 1.83 bits per heavy atom. The van der Waals surface area contributed by atoms with Crippen LogP contribution in [0.3, 0.4) is 0 Å². The lowest BCUT2D eigenvalue weighted by molar-refractivity contribution is -0.130. The second kappa shape index (κ2) is 11.5. The van der Waals surface area contributed by atoms with Gasteiger partial charge in [0.15, 0.2) is 0 Å². The molecular weight excluding hydrogens is 479 g/mol. The standard InChI is InChI=1S/C28H34ClFN4O2/c1-20-17-32(18-21-4-9-24(30)10-5-21)14-15-34(20)27(35)11-7-22-6-8-23(29)16-26(22)28(36)33-13-12-25(19-33)31(2)3/h4-11,16,20,25H,12-15,17-19H2,1-3H3. The summed E-state index contributed by atoms with van der Waals surface area (Å²) in [6.45, 7) is 6.24. The summed E-state index contributed by atoms with van der Waals surface area (Å²) in [5.41, 5.74) is 2.26. The first-order valence-electron chi connectivity index (χ1n) is 12.4. The van der Waals surface area contributed by atoms with Gasteiger partial charge in [-0.15, -0.1) is 0 Å². The molecule has 0 aromatic heterocycles. The highest BCUT2D eigenvalue weighted by Gasteiger charge is 2.29. The first-order chi connectivity index (χ1) is 17.2. The van der Waals surface area contributed by atoms with Crippen molar-refractivity contribution in [3.05, 3.63) is 76.1 Å². The molecule has 0 bridgehead atoms. The molecule has 8 heteroatoms. The van der Waals surface area contributed by atoms with E-state index in [0.29, 0.717) is 41.8 Å². The van der Waals surface area contributed by atoms with Gasteiger partial charge in [0.25, 0.3) is 5.91 Å². The average molecular weight is 513 g/mol. The van der Waals surface area contributed by atoms with E-state index in [1.165, 1.54) is 12.1 Å². The number of likely N-dealkylation sites (tertiary alicyclic amines) is 1. The zero-order chi connectivity index (χ0) is 25.8. The van der Waals surface area contributed by atoms with Crippen molar-refractivity contribution in [2.45, 2.75) is 32.0 Å². The van der Waals surface area contributed by atoms with Crippen molar-refractivity contribution in [1.29, 1.82) is 0 Å². The first kappa shape index (κ1) is 26.3.